The smallest absolute Gasteiger partial charge is 0.241 e. The number of rotatable bonds is 7. The molecule has 1 aromatic carbocycles. The van der Waals surface area contributed by atoms with E-state index in [-0.39, 0.29) is 5.91 Å². The molecule has 0 fully saturated rings. The zero-order valence-electron chi connectivity index (χ0n) is 11.4. The molecule has 0 spiro atoms. The molecule has 1 rings (SSSR count). The van der Waals surface area contributed by atoms with E-state index in [0.717, 1.165) is 37.8 Å². The summed E-state index contributed by atoms with van der Waals surface area (Å²) in [6.07, 6.45) is 4.84. The van der Waals surface area contributed by atoms with E-state index in [4.69, 9.17) is 5.73 Å². The van der Waals surface area contributed by atoms with Crippen LogP contribution in [0.4, 0.5) is 5.69 Å². The van der Waals surface area contributed by atoms with Gasteiger partial charge in [-0.1, -0.05) is 51.3 Å². The molecule has 3 nitrogen and oxygen atoms in total. The van der Waals surface area contributed by atoms with Gasteiger partial charge in [-0.2, -0.15) is 0 Å². The number of anilines is 1. The second-order valence-electron chi connectivity index (χ2n) is 4.65. The molecule has 0 radical (unpaired) electrons. The molecule has 1 amide bonds. The average Bonchev–Trinajstić information content (AvgIpc) is 2.38. The van der Waals surface area contributed by atoms with Gasteiger partial charge in [0.25, 0.3) is 0 Å². The number of aryl methyl sites for hydroxylation is 1. The Hall–Kier alpha value is -1.35. The first-order chi connectivity index (χ1) is 8.69. The summed E-state index contributed by atoms with van der Waals surface area (Å²) in [6, 6.07) is 7.52. The zero-order valence-corrected chi connectivity index (χ0v) is 11.4. The van der Waals surface area contributed by atoms with Crippen LogP contribution in [0.2, 0.25) is 0 Å². The summed E-state index contributed by atoms with van der Waals surface area (Å²) in [7, 11) is 0. The lowest BCUT2D eigenvalue weighted by Gasteiger charge is -2.14. The standard InChI is InChI=1S/C15H24N2O/c1-3-5-10-13(16)15(18)17-14-11-7-6-9-12(14)8-4-2/h6-7,9,11,13H,3-5,8,10,16H2,1-2H3,(H,17,18). The van der Waals surface area contributed by atoms with E-state index in [1.54, 1.807) is 0 Å². The maximum Gasteiger partial charge on any atom is 0.241 e. The van der Waals surface area contributed by atoms with Crippen LogP contribution in [0.1, 0.15) is 45.1 Å². The number of nitrogens with two attached hydrogens (primary N) is 1. The number of benzene rings is 1. The Balaban J connectivity index is 2.63. The van der Waals surface area contributed by atoms with E-state index in [2.05, 4.69) is 25.2 Å². The summed E-state index contributed by atoms with van der Waals surface area (Å²) in [6.45, 7) is 4.23. The molecule has 1 aromatic rings. The Morgan fingerprint density at radius 2 is 2.00 bits per heavy atom. The number of carbonyl (C=O) groups is 1. The molecule has 0 aliphatic rings. The van der Waals surface area contributed by atoms with E-state index >= 15 is 0 Å². The van der Waals surface area contributed by atoms with Gasteiger partial charge in [0.05, 0.1) is 6.04 Å². The van der Waals surface area contributed by atoms with Crippen molar-refractivity contribution in [1.82, 2.24) is 0 Å². The predicted octanol–water partition coefficient (Wildman–Crippen LogP) is 3.10. The highest BCUT2D eigenvalue weighted by atomic mass is 16.2. The lowest BCUT2D eigenvalue weighted by molar-refractivity contribution is -0.117. The first-order valence-corrected chi connectivity index (χ1v) is 6.83. The molecule has 3 N–H and O–H groups in total. The Morgan fingerprint density at radius 3 is 2.67 bits per heavy atom. The van der Waals surface area contributed by atoms with E-state index in [1.165, 1.54) is 5.56 Å². The Bertz CT molecular complexity index is 377. The summed E-state index contributed by atoms with van der Waals surface area (Å²) in [5.74, 6) is -0.0768. The van der Waals surface area contributed by atoms with E-state index in [0.29, 0.717) is 0 Å². The third-order valence-electron chi connectivity index (χ3n) is 3.00. The van der Waals surface area contributed by atoms with Gasteiger partial charge in [-0.25, -0.2) is 0 Å². The highest BCUT2D eigenvalue weighted by Gasteiger charge is 2.13. The molecule has 0 heterocycles. The fourth-order valence-electron chi connectivity index (χ4n) is 1.91. The Labute approximate surface area is 110 Å². The van der Waals surface area contributed by atoms with Crippen molar-refractivity contribution in [2.45, 2.75) is 52.0 Å². The highest BCUT2D eigenvalue weighted by Crippen LogP contribution is 2.17. The van der Waals surface area contributed by atoms with Gasteiger partial charge in [-0.05, 0) is 24.5 Å². The molecule has 1 atom stereocenters. The molecule has 3 heteroatoms. The fourth-order valence-corrected chi connectivity index (χ4v) is 1.91. The van der Waals surface area contributed by atoms with Gasteiger partial charge in [-0.3, -0.25) is 4.79 Å². The third kappa shape index (κ3) is 4.49. The first kappa shape index (κ1) is 14.7. The highest BCUT2D eigenvalue weighted by molar-refractivity contribution is 5.95. The zero-order chi connectivity index (χ0) is 13.4. The maximum atomic E-state index is 11.9. The molecule has 0 saturated heterocycles. The third-order valence-corrected chi connectivity index (χ3v) is 3.00. The van der Waals surface area contributed by atoms with Crippen molar-refractivity contribution < 1.29 is 4.79 Å². The number of hydrogen-bond donors (Lipinski definition) is 2. The van der Waals surface area contributed by atoms with Crippen LogP contribution in [0, 0.1) is 0 Å². The minimum absolute atomic E-state index is 0.0768. The van der Waals surface area contributed by atoms with Crippen molar-refractivity contribution in [3.63, 3.8) is 0 Å². The van der Waals surface area contributed by atoms with E-state index in [1.807, 2.05) is 18.2 Å². The monoisotopic (exact) mass is 248 g/mol. The topological polar surface area (TPSA) is 55.1 Å². The van der Waals surface area contributed by atoms with Crippen LogP contribution in [0.25, 0.3) is 0 Å². The summed E-state index contributed by atoms with van der Waals surface area (Å²) in [5.41, 5.74) is 7.94. The Morgan fingerprint density at radius 1 is 1.28 bits per heavy atom. The van der Waals surface area contributed by atoms with Crippen LogP contribution in [-0.2, 0) is 11.2 Å². The fraction of sp³-hybridized carbons (Fsp3) is 0.533. The molecule has 0 aromatic heterocycles. The van der Waals surface area contributed by atoms with Crippen LogP contribution in [0.15, 0.2) is 24.3 Å². The maximum absolute atomic E-state index is 11.9. The van der Waals surface area contributed by atoms with Crippen molar-refractivity contribution in [2.24, 2.45) is 5.73 Å². The van der Waals surface area contributed by atoms with Crippen molar-refractivity contribution >= 4 is 11.6 Å². The number of amides is 1. The van der Waals surface area contributed by atoms with Gasteiger partial charge in [0.1, 0.15) is 0 Å². The molecular formula is C15H24N2O. The normalized spacial score (nSPS) is 12.2. The molecule has 0 aliphatic carbocycles. The molecule has 0 saturated carbocycles. The largest absolute Gasteiger partial charge is 0.324 e. The van der Waals surface area contributed by atoms with Crippen LogP contribution < -0.4 is 11.1 Å². The number of unbranched alkanes of at least 4 members (excludes halogenated alkanes) is 1. The summed E-state index contributed by atoms with van der Waals surface area (Å²) < 4.78 is 0. The van der Waals surface area contributed by atoms with Crippen LogP contribution in [0.5, 0.6) is 0 Å². The first-order valence-electron chi connectivity index (χ1n) is 6.83. The SMILES string of the molecule is CCCCC(N)C(=O)Nc1ccccc1CCC. The van der Waals surface area contributed by atoms with Gasteiger partial charge in [0.2, 0.25) is 5.91 Å². The second kappa shape index (κ2) is 7.88. The summed E-state index contributed by atoms with van der Waals surface area (Å²) >= 11 is 0. The number of hydrogen-bond acceptors (Lipinski definition) is 2. The van der Waals surface area contributed by atoms with Crippen molar-refractivity contribution in [2.75, 3.05) is 5.32 Å². The molecule has 18 heavy (non-hydrogen) atoms. The van der Waals surface area contributed by atoms with Crippen molar-refractivity contribution in [3.05, 3.63) is 29.8 Å². The minimum atomic E-state index is -0.403. The van der Waals surface area contributed by atoms with Crippen LogP contribution in [0.3, 0.4) is 0 Å². The van der Waals surface area contributed by atoms with Crippen LogP contribution >= 0.6 is 0 Å². The number of carbonyl (C=O) groups excluding carboxylic acids is 1. The van der Waals surface area contributed by atoms with Gasteiger partial charge in [0.15, 0.2) is 0 Å². The van der Waals surface area contributed by atoms with Crippen molar-refractivity contribution in [3.8, 4) is 0 Å². The summed E-state index contributed by atoms with van der Waals surface area (Å²) in [4.78, 5) is 11.9. The van der Waals surface area contributed by atoms with E-state index < -0.39 is 6.04 Å². The predicted molar refractivity (Wildman–Crippen MR) is 76.6 cm³/mol. The minimum Gasteiger partial charge on any atom is -0.324 e. The van der Waals surface area contributed by atoms with Crippen molar-refractivity contribution in [1.29, 1.82) is 0 Å². The number of para-hydroxylation sites is 1. The lowest BCUT2D eigenvalue weighted by Crippen LogP contribution is -2.35. The molecule has 0 bridgehead atoms. The van der Waals surface area contributed by atoms with Gasteiger partial charge in [-0.15, -0.1) is 0 Å². The van der Waals surface area contributed by atoms with E-state index in [9.17, 15) is 4.79 Å². The molecule has 1 unspecified atom stereocenters. The average molecular weight is 248 g/mol. The lowest BCUT2D eigenvalue weighted by atomic mass is 10.1. The van der Waals surface area contributed by atoms with Gasteiger partial charge in [0, 0.05) is 5.69 Å². The summed E-state index contributed by atoms with van der Waals surface area (Å²) in [5, 5.41) is 2.94. The second-order valence-corrected chi connectivity index (χ2v) is 4.65. The molecular weight excluding hydrogens is 224 g/mol. The van der Waals surface area contributed by atoms with Crippen LogP contribution in [-0.4, -0.2) is 11.9 Å². The number of nitrogens with one attached hydrogen (secondary N) is 1. The quantitative estimate of drug-likeness (QED) is 0.779. The molecule has 100 valence electrons. The molecule has 0 aliphatic heterocycles. The Kier molecular flexibility index (Phi) is 6.44. The van der Waals surface area contributed by atoms with Gasteiger partial charge >= 0.3 is 0 Å². The van der Waals surface area contributed by atoms with Gasteiger partial charge < -0.3 is 11.1 Å².